The van der Waals surface area contributed by atoms with E-state index in [1.165, 1.54) is 0 Å². The van der Waals surface area contributed by atoms with Crippen molar-refractivity contribution >= 4 is 30.1 Å². The highest BCUT2D eigenvalue weighted by molar-refractivity contribution is 6.62. The fraction of sp³-hybridized carbons (Fsp3) is 0.538. The first-order chi connectivity index (χ1) is 9.16. The second-order valence-corrected chi connectivity index (χ2v) is 6.16. The molecule has 20 heavy (non-hydrogen) atoms. The van der Waals surface area contributed by atoms with E-state index in [9.17, 15) is 4.79 Å². The van der Waals surface area contributed by atoms with Crippen LogP contribution in [-0.4, -0.2) is 36.3 Å². The summed E-state index contributed by atoms with van der Waals surface area (Å²) in [6, 6.07) is 3.28. The number of aromatic nitrogens is 1. The molecular formula is C13H18BClN2O3. The van der Waals surface area contributed by atoms with Gasteiger partial charge in [-0.25, -0.2) is 4.98 Å². The zero-order chi connectivity index (χ0) is 15.1. The van der Waals surface area contributed by atoms with Crippen LogP contribution in [0.1, 0.15) is 38.2 Å². The first kappa shape index (κ1) is 15.3. The van der Waals surface area contributed by atoms with Crippen LogP contribution < -0.4 is 10.8 Å². The SMILES string of the molecule is CNC(=O)c1cc(B2OC(C)(C)C(C)(C)O2)cc(Cl)n1. The molecule has 5 nitrogen and oxygen atoms in total. The number of carbonyl (C=O) groups is 1. The molecule has 1 aromatic heterocycles. The molecule has 1 aliphatic heterocycles. The van der Waals surface area contributed by atoms with Crippen molar-refractivity contribution in [2.45, 2.75) is 38.9 Å². The summed E-state index contributed by atoms with van der Waals surface area (Å²) in [4.78, 5) is 15.7. The van der Waals surface area contributed by atoms with Crippen LogP contribution in [-0.2, 0) is 9.31 Å². The van der Waals surface area contributed by atoms with Gasteiger partial charge in [-0.1, -0.05) is 11.6 Å². The van der Waals surface area contributed by atoms with Gasteiger partial charge in [-0.05, 0) is 45.3 Å². The van der Waals surface area contributed by atoms with Crippen LogP contribution in [0.5, 0.6) is 0 Å². The molecule has 2 heterocycles. The largest absolute Gasteiger partial charge is 0.495 e. The molecule has 2 rings (SSSR count). The molecule has 108 valence electrons. The molecule has 0 aromatic carbocycles. The van der Waals surface area contributed by atoms with Crippen molar-refractivity contribution in [3.8, 4) is 0 Å². The summed E-state index contributed by atoms with van der Waals surface area (Å²) in [6.07, 6.45) is 0. The Balaban J connectivity index is 2.35. The minimum atomic E-state index is -0.566. The van der Waals surface area contributed by atoms with E-state index < -0.39 is 18.3 Å². The number of pyridine rings is 1. The molecule has 7 heteroatoms. The Labute approximate surface area is 124 Å². The highest BCUT2D eigenvalue weighted by Crippen LogP contribution is 2.36. The van der Waals surface area contributed by atoms with Crippen molar-refractivity contribution in [3.63, 3.8) is 0 Å². The average molecular weight is 297 g/mol. The highest BCUT2D eigenvalue weighted by atomic mass is 35.5. The highest BCUT2D eigenvalue weighted by Gasteiger charge is 2.51. The van der Waals surface area contributed by atoms with Crippen LogP contribution in [0.2, 0.25) is 5.15 Å². The number of hydrogen-bond acceptors (Lipinski definition) is 4. The number of amides is 1. The van der Waals surface area contributed by atoms with E-state index in [0.29, 0.717) is 5.46 Å². The molecule has 1 N–H and O–H groups in total. The van der Waals surface area contributed by atoms with Crippen LogP contribution in [0.15, 0.2) is 12.1 Å². The van der Waals surface area contributed by atoms with Gasteiger partial charge in [0.05, 0.1) is 11.2 Å². The fourth-order valence-electron chi connectivity index (χ4n) is 1.88. The van der Waals surface area contributed by atoms with Gasteiger partial charge in [0.2, 0.25) is 0 Å². The predicted octanol–water partition coefficient (Wildman–Crippen LogP) is 1.39. The molecule has 0 atom stereocenters. The lowest BCUT2D eigenvalue weighted by molar-refractivity contribution is 0.00578. The van der Waals surface area contributed by atoms with Crippen LogP contribution in [0.3, 0.4) is 0 Å². The van der Waals surface area contributed by atoms with Crippen LogP contribution in [0.25, 0.3) is 0 Å². The normalized spacial score (nSPS) is 20.0. The van der Waals surface area contributed by atoms with Gasteiger partial charge in [0.15, 0.2) is 0 Å². The monoisotopic (exact) mass is 296 g/mol. The lowest BCUT2D eigenvalue weighted by Gasteiger charge is -2.32. The maximum absolute atomic E-state index is 11.7. The number of nitrogens with zero attached hydrogens (tertiary/aromatic N) is 1. The van der Waals surface area contributed by atoms with Crippen molar-refractivity contribution in [1.29, 1.82) is 0 Å². The maximum atomic E-state index is 11.7. The third-order valence-electron chi connectivity index (χ3n) is 3.80. The minimum Gasteiger partial charge on any atom is -0.399 e. The summed E-state index contributed by atoms with van der Waals surface area (Å²) in [7, 11) is 0.975. The molecule has 1 aromatic rings. The number of halogens is 1. The van der Waals surface area contributed by atoms with Gasteiger partial charge in [-0.2, -0.15) is 0 Å². The molecular weight excluding hydrogens is 278 g/mol. The summed E-state index contributed by atoms with van der Waals surface area (Å²) in [5.41, 5.74) is 0.0354. The van der Waals surface area contributed by atoms with Crippen molar-refractivity contribution in [1.82, 2.24) is 10.3 Å². The summed E-state index contributed by atoms with van der Waals surface area (Å²) >= 11 is 5.97. The Hall–Kier alpha value is -1.11. The summed E-state index contributed by atoms with van der Waals surface area (Å²) < 4.78 is 11.9. The van der Waals surface area contributed by atoms with Crippen molar-refractivity contribution in [2.24, 2.45) is 0 Å². The van der Waals surface area contributed by atoms with E-state index in [1.54, 1.807) is 19.2 Å². The third-order valence-corrected chi connectivity index (χ3v) is 4.00. The van der Waals surface area contributed by atoms with E-state index in [4.69, 9.17) is 20.9 Å². The Morgan fingerprint density at radius 1 is 1.25 bits per heavy atom. The van der Waals surface area contributed by atoms with E-state index in [-0.39, 0.29) is 16.8 Å². The minimum absolute atomic E-state index is 0.232. The standard InChI is InChI=1S/C13H18BClN2O3/c1-12(2)13(3,4)20-14(19-12)8-6-9(11(18)16-5)17-10(15)7-8/h6-7H,1-5H3,(H,16,18). The maximum Gasteiger partial charge on any atom is 0.495 e. The lowest BCUT2D eigenvalue weighted by Crippen LogP contribution is -2.41. The Kier molecular flexibility index (Phi) is 3.84. The van der Waals surface area contributed by atoms with E-state index in [1.807, 2.05) is 27.7 Å². The molecule has 0 bridgehead atoms. The predicted molar refractivity (Wildman–Crippen MR) is 78.4 cm³/mol. The van der Waals surface area contributed by atoms with E-state index in [2.05, 4.69) is 10.3 Å². The molecule has 0 saturated carbocycles. The molecule has 1 amide bonds. The van der Waals surface area contributed by atoms with Gasteiger partial charge in [-0.3, -0.25) is 4.79 Å². The fourth-order valence-corrected chi connectivity index (χ4v) is 2.09. The van der Waals surface area contributed by atoms with Crippen molar-refractivity contribution in [3.05, 3.63) is 23.0 Å². The molecule has 1 aliphatic rings. The van der Waals surface area contributed by atoms with Gasteiger partial charge in [0.25, 0.3) is 5.91 Å². The van der Waals surface area contributed by atoms with Gasteiger partial charge in [-0.15, -0.1) is 0 Å². The Bertz CT molecular complexity index is 532. The van der Waals surface area contributed by atoms with Gasteiger partial charge < -0.3 is 14.6 Å². The van der Waals surface area contributed by atoms with E-state index in [0.717, 1.165) is 0 Å². The van der Waals surface area contributed by atoms with E-state index >= 15 is 0 Å². The van der Waals surface area contributed by atoms with Crippen molar-refractivity contribution in [2.75, 3.05) is 7.05 Å². The second-order valence-electron chi connectivity index (χ2n) is 5.78. The Morgan fingerprint density at radius 3 is 2.30 bits per heavy atom. The number of hydrogen-bond donors (Lipinski definition) is 1. The van der Waals surface area contributed by atoms with Gasteiger partial charge >= 0.3 is 7.12 Å². The first-order valence-electron chi connectivity index (χ1n) is 6.41. The van der Waals surface area contributed by atoms with Crippen LogP contribution in [0.4, 0.5) is 0 Å². The third kappa shape index (κ3) is 2.68. The zero-order valence-corrected chi connectivity index (χ0v) is 13.0. The molecule has 0 aliphatic carbocycles. The number of nitrogens with one attached hydrogen (secondary N) is 1. The smallest absolute Gasteiger partial charge is 0.399 e. The zero-order valence-electron chi connectivity index (χ0n) is 12.3. The summed E-state index contributed by atoms with van der Waals surface area (Å²) in [6.45, 7) is 7.87. The van der Waals surface area contributed by atoms with Gasteiger partial charge in [0, 0.05) is 7.05 Å². The first-order valence-corrected chi connectivity index (χ1v) is 6.79. The summed E-state index contributed by atoms with van der Waals surface area (Å²) in [5.74, 6) is -0.301. The molecule has 0 spiro atoms. The molecule has 0 radical (unpaired) electrons. The van der Waals surface area contributed by atoms with Crippen LogP contribution in [0, 0.1) is 0 Å². The van der Waals surface area contributed by atoms with Crippen molar-refractivity contribution < 1.29 is 14.1 Å². The Morgan fingerprint density at radius 2 is 1.80 bits per heavy atom. The average Bonchev–Trinajstić information content (AvgIpc) is 2.57. The topological polar surface area (TPSA) is 60.5 Å². The molecule has 0 unspecified atom stereocenters. The number of carbonyl (C=O) groups excluding carboxylic acids is 1. The van der Waals surface area contributed by atoms with Gasteiger partial charge in [0.1, 0.15) is 10.8 Å². The molecule has 1 fully saturated rings. The second kappa shape index (κ2) is 5.02. The van der Waals surface area contributed by atoms with Crippen LogP contribution >= 0.6 is 11.6 Å². The molecule has 1 saturated heterocycles. The number of rotatable bonds is 2. The quantitative estimate of drug-likeness (QED) is 0.662. The lowest BCUT2D eigenvalue weighted by atomic mass is 9.79. The summed E-state index contributed by atoms with van der Waals surface area (Å²) in [5, 5.41) is 2.75.